The predicted octanol–water partition coefficient (Wildman–Crippen LogP) is 3.99. The van der Waals surface area contributed by atoms with Crippen molar-refractivity contribution in [3.05, 3.63) is 30.3 Å². The molecule has 1 aliphatic heterocycles. The molecule has 1 aromatic carbocycles. The first-order valence-electron chi connectivity index (χ1n) is 7.63. The van der Waals surface area contributed by atoms with Crippen LogP contribution in [-0.2, 0) is 9.47 Å². The van der Waals surface area contributed by atoms with Gasteiger partial charge in [-0.3, -0.25) is 0 Å². The van der Waals surface area contributed by atoms with E-state index < -0.39 is 30.6 Å². The zero-order chi connectivity index (χ0) is 16.3. The summed E-state index contributed by atoms with van der Waals surface area (Å²) in [6, 6.07) is 8.56. The van der Waals surface area contributed by atoms with Gasteiger partial charge in [0.15, 0.2) is 12.3 Å². The van der Waals surface area contributed by atoms with Crippen LogP contribution in [0.15, 0.2) is 30.3 Å². The number of halogens is 1. The van der Waals surface area contributed by atoms with Gasteiger partial charge in [0.25, 0.3) is 0 Å². The van der Waals surface area contributed by atoms with E-state index >= 15 is 0 Å². The molecule has 122 valence electrons. The summed E-state index contributed by atoms with van der Waals surface area (Å²) in [5.41, 5.74) is 0. The Morgan fingerprint density at radius 3 is 2.23 bits per heavy atom. The van der Waals surface area contributed by atoms with Crippen molar-refractivity contribution in [2.75, 3.05) is 0 Å². The van der Waals surface area contributed by atoms with Gasteiger partial charge in [0.05, 0.1) is 6.10 Å². The van der Waals surface area contributed by atoms with E-state index in [-0.39, 0.29) is 11.8 Å². The molecule has 1 aromatic rings. The average molecular weight is 310 g/mol. The molecule has 1 heterocycles. The van der Waals surface area contributed by atoms with Crippen molar-refractivity contribution in [1.82, 2.24) is 0 Å². The summed E-state index contributed by atoms with van der Waals surface area (Å²) in [7, 11) is 0. The maximum Gasteiger partial charge on any atom is 0.514 e. The topological polar surface area (TPSA) is 44.8 Å². The predicted molar refractivity (Wildman–Crippen MR) is 80.6 cm³/mol. The first-order chi connectivity index (χ1) is 10.4. The Balaban J connectivity index is 2.03. The number of benzene rings is 1. The number of alkyl halides is 1. The first-order valence-corrected chi connectivity index (χ1v) is 7.63. The highest BCUT2D eigenvalue weighted by atomic mass is 19.1. The summed E-state index contributed by atoms with van der Waals surface area (Å²) in [6.07, 6.45) is -4.23. The quantitative estimate of drug-likeness (QED) is 0.623. The number of carbonyl (C=O) groups is 1. The number of hydrogen-bond donors (Lipinski definition) is 0. The van der Waals surface area contributed by atoms with E-state index in [4.69, 9.17) is 14.2 Å². The van der Waals surface area contributed by atoms with Gasteiger partial charge in [-0.1, -0.05) is 45.9 Å². The molecule has 22 heavy (non-hydrogen) atoms. The van der Waals surface area contributed by atoms with E-state index in [9.17, 15) is 9.18 Å². The Morgan fingerprint density at radius 1 is 1.09 bits per heavy atom. The standard InChI is InChI=1S/C17H23FO4/c1-10(2)14-13(18)16(15(21-14)11(3)4)22-17(19)20-12-8-6-5-7-9-12/h5-11,13-16H,1-4H3/t13-,14+,15-,16+/m1/s1. The molecule has 1 saturated heterocycles. The molecule has 0 N–H and O–H groups in total. The van der Waals surface area contributed by atoms with Crippen LogP contribution in [0.1, 0.15) is 27.7 Å². The minimum Gasteiger partial charge on any atom is -0.425 e. The average Bonchev–Trinajstić information content (AvgIpc) is 2.77. The van der Waals surface area contributed by atoms with Gasteiger partial charge >= 0.3 is 6.16 Å². The van der Waals surface area contributed by atoms with Crippen LogP contribution in [0.3, 0.4) is 0 Å². The molecular formula is C17H23FO4. The van der Waals surface area contributed by atoms with Crippen LogP contribution in [0.5, 0.6) is 5.75 Å². The summed E-state index contributed by atoms with van der Waals surface area (Å²) in [6.45, 7) is 7.61. The normalized spacial score (nSPS) is 28.1. The highest BCUT2D eigenvalue weighted by Crippen LogP contribution is 2.34. The molecule has 0 radical (unpaired) electrons. The van der Waals surface area contributed by atoms with Gasteiger partial charge in [0.2, 0.25) is 0 Å². The molecule has 0 aliphatic carbocycles. The van der Waals surface area contributed by atoms with Gasteiger partial charge in [-0.2, -0.15) is 0 Å². The lowest BCUT2D eigenvalue weighted by Gasteiger charge is -2.22. The first kappa shape index (κ1) is 16.7. The van der Waals surface area contributed by atoms with E-state index in [1.54, 1.807) is 24.3 Å². The number of carbonyl (C=O) groups excluding carboxylic acids is 1. The van der Waals surface area contributed by atoms with Crippen LogP contribution in [0.4, 0.5) is 9.18 Å². The number of rotatable bonds is 4. The fourth-order valence-electron chi connectivity index (χ4n) is 2.62. The van der Waals surface area contributed by atoms with Crippen molar-refractivity contribution in [2.45, 2.75) is 52.2 Å². The Morgan fingerprint density at radius 2 is 1.68 bits per heavy atom. The molecule has 0 aromatic heterocycles. The largest absolute Gasteiger partial charge is 0.514 e. The second-order valence-electron chi connectivity index (χ2n) is 6.25. The summed E-state index contributed by atoms with van der Waals surface area (Å²) in [4.78, 5) is 11.9. The van der Waals surface area contributed by atoms with Gasteiger partial charge < -0.3 is 14.2 Å². The number of para-hydroxylation sites is 1. The van der Waals surface area contributed by atoms with Crippen molar-refractivity contribution in [3.63, 3.8) is 0 Å². The minimum absolute atomic E-state index is 0.00925. The maximum absolute atomic E-state index is 14.6. The SMILES string of the molecule is CC(C)[C@H]1O[C@@H](C(C)C)[C@@H](F)[C@@H]1OC(=O)Oc1ccccc1. The van der Waals surface area contributed by atoms with E-state index in [1.807, 2.05) is 33.8 Å². The molecular weight excluding hydrogens is 287 g/mol. The van der Waals surface area contributed by atoms with Crippen LogP contribution in [-0.4, -0.2) is 30.6 Å². The summed E-state index contributed by atoms with van der Waals surface area (Å²) < 4.78 is 30.6. The highest BCUT2D eigenvalue weighted by molar-refractivity contribution is 5.64. The van der Waals surface area contributed by atoms with Crippen molar-refractivity contribution in [2.24, 2.45) is 11.8 Å². The Bertz CT molecular complexity index is 489. The molecule has 1 aliphatic rings. The van der Waals surface area contributed by atoms with E-state index in [1.165, 1.54) is 0 Å². The second kappa shape index (κ2) is 7.09. The lowest BCUT2D eigenvalue weighted by atomic mass is 9.97. The third kappa shape index (κ3) is 3.77. The van der Waals surface area contributed by atoms with E-state index in [0.717, 1.165) is 0 Å². The lowest BCUT2D eigenvalue weighted by molar-refractivity contribution is -0.0397. The fourth-order valence-corrected chi connectivity index (χ4v) is 2.62. The third-order valence-electron chi connectivity index (χ3n) is 3.76. The van der Waals surface area contributed by atoms with Crippen LogP contribution in [0, 0.1) is 11.8 Å². The van der Waals surface area contributed by atoms with E-state index in [0.29, 0.717) is 5.75 Å². The van der Waals surface area contributed by atoms with Crippen molar-refractivity contribution >= 4 is 6.16 Å². The maximum atomic E-state index is 14.6. The Kier molecular flexibility index (Phi) is 5.40. The molecule has 4 atom stereocenters. The molecule has 2 rings (SSSR count). The van der Waals surface area contributed by atoms with Crippen molar-refractivity contribution < 1.29 is 23.4 Å². The minimum atomic E-state index is -1.35. The van der Waals surface area contributed by atoms with Gasteiger partial charge in [0.1, 0.15) is 11.9 Å². The smallest absolute Gasteiger partial charge is 0.425 e. The number of ether oxygens (including phenoxy) is 3. The Labute approximate surface area is 130 Å². The van der Waals surface area contributed by atoms with Crippen LogP contribution in [0.2, 0.25) is 0 Å². The molecule has 5 heteroatoms. The molecule has 0 saturated carbocycles. The van der Waals surface area contributed by atoms with Crippen LogP contribution < -0.4 is 4.74 Å². The monoisotopic (exact) mass is 310 g/mol. The lowest BCUT2D eigenvalue weighted by Crippen LogP contribution is -2.38. The molecule has 0 unspecified atom stereocenters. The zero-order valence-electron chi connectivity index (χ0n) is 13.4. The summed E-state index contributed by atoms with van der Waals surface area (Å²) in [5.74, 6) is 0.412. The Hall–Kier alpha value is -1.62. The highest BCUT2D eigenvalue weighted by Gasteiger charge is 2.49. The number of hydrogen-bond acceptors (Lipinski definition) is 4. The second-order valence-corrected chi connectivity index (χ2v) is 6.25. The van der Waals surface area contributed by atoms with Gasteiger partial charge in [-0.25, -0.2) is 9.18 Å². The summed E-state index contributed by atoms with van der Waals surface area (Å²) in [5, 5.41) is 0. The summed E-state index contributed by atoms with van der Waals surface area (Å²) >= 11 is 0. The molecule has 1 fully saturated rings. The van der Waals surface area contributed by atoms with Gasteiger partial charge in [-0.05, 0) is 24.0 Å². The fraction of sp³-hybridized carbons (Fsp3) is 0.588. The molecule has 4 nitrogen and oxygen atoms in total. The molecule has 0 amide bonds. The molecule has 0 bridgehead atoms. The third-order valence-corrected chi connectivity index (χ3v) is 3.76. The zero-order valence-corrected chi connectivity index (χ0v) is 13.4. The van der Waals surface area contributed by atoms with E-state index in [2.05, 4.69) is 0 Å². The van der Waals surface area contributed by atoms with Crippen LogP contribution >= 0.6 is 0 Å². The van der Waals surface area contributed by atoms with Gasteiger partial charge in [0, 0.05) is 0 Å². The van der Waals surface area contributed by atoms with Crippen molar-refractivity contribution in [3.8, 4) is 5.75 Å². The van der Waals surface area contributed by atoms with Gasteiger partial charge in [-0.15, -0.1) is 0 Å². The molecule has 0 spiro atoms. The van der Waals surface area contributed by atoms with Crippen LogP contribution in [0.25, 0.3) is 0 Å². The van der Waals surface area contributed by atoms with Crippen molar-refractivity contribution in [1.29, 1.82) is 0 Å².